The van der Waals surface area contributed by atoms with E-state index in [2.05, 4.69) is 44.9 Å². The minimum Gasteiger partial charge on any atom is -0.192 e. The number of benzene rings is 1. The molecule has 0 saturated carbocycles. The number of rotatable bonds is 1. The Hall–Kier alpha value is -0.630. The van der Waals surface area contributed by atoms with Gasteiger partial charge in [-0.25, -0.2) is 0 Å². The molecule has 16 heavy (non-hydrogen) atoms. The maximum Gasteiger partial charge on any atom is 0.0991 e. The molecule has 1 nitrogen and oxygen atoms in total. The molecule has 1 aromatic carbocycles. The summed E-state index contributed by atoms with van der Waals surface area (Å²) in [6.07, 6.45) is 0. The van der Waals surface area contributed by atoms with E-state index < -0.39 is 0 Å². The van der Waals surface area contributed by atoms with Crippen LogP contribution in [0.5, 0.6) is 0 Å². The highest BCUT2D eigenvalue weighted by molar-refractivity contribution is 9.11. The average Bonchev–Trinajstić information content (AvgIpc) is 2.57. The third-order valence-electron chi connectivity index (χ3n) is 2.29. The van der Waals surface area contributed by atoms with E-state index in [0.29, 0.717) is 5.56 Å². The van der Waals surface area contributed by atoms with E-state index in [1.807, 2.05) is 24.3 Å². The molecule has 0 aliphatic heterocycles. The largest absolute Gasteiger partial charge is 0.192 e. The molecular weight excluding hydrogens is 350 g/mol. The Labute approximate surface area is 115 Å². The summed E-state index contributed by atoms with van der Waals surface area (Å²) in [7, 11) is 0. The van der Waals surface area contributed by atoms with Crippen LogP contribution in [0.3, 0.4) is 0 Å². The smallest absolute Gasteiger partial charge is 0.0991 e. The van der Waals surface area contributed by atoms with Crippen molar-refractivity contribution in [1.29, 1.82) is 5.26 Å². The number of hydrogen-bond acceptors (Lipinski definition) is 2. The first-order chi connectivity index (χ1) is 7.63. The Bertz CT molecular complexity index is 564. The third-order valence-corrected chi connectivity index (χ3v) is 5.75. The third kappa shape index (κ3) is 2.08. The van der Waals surface area contributed by atoms with Crippen LogP contribution < -0.4 is 0 Å². The monoisotopic (exact) mass is 355 g/mol. The molecule has 1 heterocycles. The Kier molecular flexibility index (Phi) is 3.48. The molecule has 0 fully saturated rings. The lowest BCUT2D eigenvalue weighted by Gasteiger charge is -1.98. The first-order valence-corrected chi connectivity index (χ1v) is 6.98. The van der Waals surface area contributed by atoms with Crippen molar-refractivity contribution in [3.63, 3.8) is 0 Å². The van der Waals surface area contributed by atoms with Gasteiger partial charge >= 0.3 is 0 Å². The van der Waals surface area contributed by atoms with Gasteiger partial charge in [-0.2, -0.15) is 5.26 Å². The van der Waals surface area contributed by atoms with Gasteiger partial charge < -0.3 is 0 Å². The molecule has 0 amide bonds. The van der Waals surface area contributed by atoms with Crippen LogP contribution in [0.1, 0.15) is 11.1 Å². The quantitative estimate of drug-likeness (QED) is 0.695. The van der Waals surface area contributed by atoms with Crippen molar-refractivity contribution in [2.75, 3.05) is 0 Å². The van der Waals surface area contributed by atoms with E-state index >= 15 is 0 Å². The molecule has 0 spiro atoms. The van der Waals surface area contributed by atoms with Gasteiger partial charge in [0.15, 0.2) is 0 Å². The van der Waals surface area contributed by atoms with Crippen LogP contribution in [0.25, 0.3) is 10.4 Å². The van der Waals surface area contributed by atoms with E-state index in [1.54, 1.807) is 11.3 Å². The molecule has 0 aliphatic rings. The fraction of sp³-hybridized carbons (Fsp3) is 0.0833. The fourth-order valence-electron chi connectivity index (χ4n) is 1.35. The lowest BCUT2D eigenvalue weighted by Crippen LogP contribution is -1.76. The summed E-state index contributed by atoms with van der Waals surface area (Å²) in [5, 5.41) is 8.74. The molecule has 1 aromatic heterocycles. The van der Waals surface area contributed by atoms with Gasteiger partial charge in [0, 0.05) is 9.35 Å². The second kappa shape index (κ2) is 4.70. The first kappa shape index (κ1) is 11.8. The van der Waals surface area contributed by atoms with Crippen molar-refractivity contribution in [3.8, 4) is 16.5 Å². The average molecular weight is 357 g/mol. The predicted octanol–water partition coefficient (Wildman–Crippen LogP) is 5.12. The van der Waals surface area contributed by atoms with Crippen LogP contribution in [-0.4, -0.2) is 0 Å². The van der Waals surface area contributed by atoms with Crippen LogP contribution in [0.15, 0.2) is 32.5 Å². The number of nitriles is 1. The standard InChI is InChI=1S/C12H7Br2NS/c1-7-10(13)11(16-12(7)14)9-4-2-8(6-15)3-5-9/h2-5H,1H3. The SMILES string of the molecule is Cc1c(Br)sc(-c2ccc(C#N)cc2)c1Br. The van der Waals surface area contributed by atoms with Crippen molar-refractivity contribution in [3.05, 3.63) is 43.7 Å². The molecule has 0 aliphatic carbocycles. The highest BCUT2D eigenvalue weighted by Crippen LogP contribution is 2.42. The maximum absolute atomic E-state index is 8.74. The molecular formula is C12H7Br2NS. The first-order valence-electron chi connectivity index (χ1n) is 4.58. The molecule has 2 aromatic rings. The topological polar surface area (TPSA) is 23.8 Å². The van der Waals surface area contributed by atoms with Gasteiger partial charge in [0.1, 0.15) is 0 Å². The lowest BCUT2D eigenvalue weighted by molar-refractivity contribution is 1.47. The summed E-state index contributed by atoms with van der Waals surface area (Å²) in [5.41, 5.74) is 3.03. The van der Waals surface area contributed by atoms with E-state index in [0.717, 1.165) is 13.8 Å². The van der Waals surface area contributed by atoms with Gasteiger partial charge in [0.2, 0.25) is 0 Å². The second-order valence-electron chi connectivity index (χ2n) is 3.33. The Balaban J connectivity index is 2.51. The highest BCUT2D eigenvalue weighted by Gasteiger charge is 2.12. The highest BCUT2D eigenvalue weighted by atomic mass is 79.9. The van der Waals surface area contributed by atoms with Crippen LogP contribution in [0.4, 0.5) is 0 Å². The zero-order valence-corrected chi connectivity index (χ0v) is 12.4. The van der Waals surface area contributed by atoms with E-state index in [9.17, 15) is 0 Å². The summed E-state index contributed by atoms with van der Waals surface area (Å²) in [4.78, 5) is 1.19. The molecule has 0 saturated heterocycles. The predicted molar refractivity (Wildman–Crippen MR) is 74.6 cm³/mol. The summed E-state index contributed by atoms with van der Waals surface area (Å²) >= 11 is 8.81. The summed E-state index contributed by atoms with van der Waals surface area (Å²) in [6, 6.07) is 9.74. The van der Waals surface area contributed by atoms with Gasteiger partial charge in [-0.1, -0.05) is 12.1 Å². The Morgan fingerprint density at radius 2 is 1.81 bits per heavy atom. The Morgan fingerprint density at radius 3 is 2.25 bits per heavy atom. The van der Waals surface area contributed by atoms with Gasteiger partial charge in [-0.15, -0.1) is 11.3 Å². The van der Waals surface area contributed by atoms with E-state index in [1.165, 1.54) is 10.4 Å². The van der Waals surface area contributed by atoms with Crippen LogP contribution in [-0.2, 0) is 0 Å². The number of thiophene rings is 1. The molecule has 2 rings (SSSR count). The van der Waals surface area contributed by atoms with Crippen molar-refractivity contribution < 1.29 is 0 Å². The van der Waals surface area contributed by atoms with Crippen molar-refractivity contribution in [2.24, 2.45) is 0 Å². The number of halogens is 2. The molecule has 0 N–H and O–H groups in total. The summed E-state index contributed by atoms with van der Waals surface area (Å²) in [6.45, 7) is 2.07. The Morgan fingerprint density at radius 1 is 1.19 bits per heavy atom. The van der Waals surface area contributed by atoms with E-state index in [-0.39, 0.29) is 0 Å². The molecule has 0 radical (unpaired) electrons. The van der Waals surface area contributed by atoms with Gasteiger partial charge in [-0.05, 0) is 62.0 Å². The van der Waals surface area contributed by atoms with Crippen molar-refractivity contribution in [2.45, 2.75) is 6.92 Å². The normalized spacial score (nSPS) is 10.1. The molecule has 0 unspecified atom stereocenters. The number of hydrogen-bond donors (Lipinski definition) is 0. The van der Waals surface area contributed by atoms with Crippen LogP contribution in [0, 0.1) is 18.3 Å². The molecule has 0 atom stereocenters. The van der Waals surface area contributed by atoms with E-state index in [4.69, 9.17) is 5.26 Å². The lowest BCUT2D eigenvalue weighted by atomic mass is 10.1. The second-order valence-corrected chi connectivity index (χ2v) is 6.46. The minimum absolute atomic E-state index is 0.687. The maximum atomic E-state index is 8.74. The zero-order valence-electron chi connectivity index (χ0n) is 8.42. The summed E-state index contributed by atoms with van der Waals surface area (Å²) in [5.74, 6) is 0. The van der Waals surface area contributed by atoms with Crippen molar-refractivity contribution in [1.82, 2.24) is 0 Å². The van der Waals surface area contributed by atoms with Gasteiger partial charge in [0.25, 0.3) is 0 Å². The minimum atomic E-state index is 0.687. The molecule has 0 bridgehead atoms. The molecule has 4 heteroatoms. The molecule has 80 valence electrons. The zero-order chi connectivity index (χ0) is 11.7. The van der Waals surface area contributed by atoms with Crippen molar-refractivity contribution >= 4 is 43.2 Å². The van der Waals surface area contributed by atoms with Gasteiger partial charge in [0.05, 0.1) is 15.4 Å². The van der Waals surface area contributed by atoms with Crippen LogP contribution >= 0.6 is 43.2 Å². The number of nitrogens with zero attached hydrogens (tertiary/aromatic N) is 1. The summed E-state index contributed by atoms with van der Waals surface area (Å²) < 4.78 is 2.26. The fourth-order valence-corrected chi connectivity index (χ4v) is 4.03. The van der Waals surface area contributed by atoms with Gasteiger partial charge in [-0.3, -0.25) is 0 Å². The van der Waals surface area contributed by atoms with Crippen LogP contribution in [0.2, 0.25) is 0 Å².